The van der Waals surface area contributed by atoms with Crippen LogP contribution < -0.4 is 15.1 Å². The van der Waals surface area contributed by atoms with Gasteiger partial charge in [0.15, 0.2) is 0 Å². The van der Waals surface area contributed by atoms with Crippen molar-refractivity contribution in [1.82, 2.24) is 0 Å². The van der Waals surface area contributed by atoms with Gasteiger partial charge >= 0.3 is 5.63 Å². The van der Waals surface area contributed by atoms with Crippen LogP contribution >= 0.6 is 11.6 Å². The van der Waals surface area contributed by atoms with Gasteiger partial charge in [-0.15, -0.1) is 0 Å². The van der Waals surface area contributed by atoms with Gasteiger partial charge in [-0.3, -0.25) is 0 Å². The molecule has 6 heteroatoms. The minimum atomic E-state index is -0.398. The van der Waals surface area contributed by atoms with Crippen LogP contribution in [0.1, 0.15) is 19.3 Å². The van der Waals surface area contributed by atoms with E-state index in [4.69, 9.17) is 29.9 Å². The maximum Gasteiger partial charge on any atom is 0.336 e. The SMILES string of the molecule is O=c1ccc2c(OCCCCCOc3ccc(Cl)cc3)c3ccoc3cc2o1. The topological polar surface area (TPSA) is 61.8 Å². The fourth-order valence-electron chi connectivity index (χ4n) is 3.04. The van der Waals surface area contributed by atoms with Gasteiger partial charge in [0, 0.05) is 17.2 Å². The third-order valence-corrected chi connectivity index (χ3v) is 4.68. The van der Waals surface area contributed by atoms with Gasteiger partial charge in [0.05, 0.1) is 30.2 Å². The van der Waals surface area contributed by atoms with Gasteiger partial charge < -0.3 is 18.3 Å². The van der Waals surface area contributed by atoms with E-state index in [-0.39, 0.29) is 0 Å². The molecule has 0 N–H and O–H groups in total. The van der Waals surface area contributed by atoms with Gasteiger partial charge in [-0.25, -0.2) is 4.79 Å². The van der Waals surface area contributed by atoms with Crippen molar-refractivity contribution in [1.29, 1.82) is 0 Å². The second-order valence-corrected chi connectivity index (χ2v) is 6.85. The Morgan fingerprint density at radius 1 is 0.821 bits per heavy atom. The molecule has 0 saturated carbocycles. The van der Waals surface area contributed by atoms with Crippen LogP contribution in [-0.2, 0) is 0 Å². The van der Waals surface area contributed by atoms with Crippen molar-refractivity contribution in [3.63, 3.8) is 0 Å². The Bertz CT molecular complexity index is 1130. The summed E-state index contributed by atoms with van der Waals surface area (Å²) in [4.78, 5) is 11.5. The monoisotopic (exact) mass is 398 g/mol. The predicted molar refractivity (Wildman–Crippen MR) is 109 cm³/mol. The Kier molecular flexibility index (Phi) is 5.53. The number of halogens is 1. The molecule has 4 aromatic rings. The van der Waals surface area contributed by atoms with E-state index in [0.717, 1.165) is 35.8 Å². The molecule has 0 unspecified atom stereocenters. The molecule has 0 radical (unpaired) electrons. The largest absolute Gasteiger partial charge is 0.494 e. The van der Waals surface area contributed by atoms with E-state index < -0.39 is 5.63 Å². The van der Waals surface area contributed by atoms with Gasteiger partial charge in [0.25, 0.3) is 0 Å². The average Bonchev–Trinajstić information content (AvgIpc) is 3.16. The molecule has 0 atom stereocenters. The molecule has 0 aliphatic heterocycles. The summed E-state index contributed by atoms with van der Waals surface area (Å²) in [5, 5.41) is 2.33. The van der Waals surface area contributed by atoms with E-state index in [1.807, 2.05) is 30.3 Å². The molecule has 5 nitrogen and oxygen atoms in total. The fraction of sp³-hybridized carbons (Fsp3) is 0.227. The first-order valence-corrected chi connectivity index (χ1v) is 9.54. The van der Waals surface area contributed by atoms with Crippen LogP contribution in [0.4, 0.5) is 0 Å². The molecular formula is C22H19ClO5. The highest BCUT2D eigenvalue weighted by atomic mass is 35.5. The second kappa shape index (κ2) is 8.40. The molecule has 0 bridgehead atoms. The molecular weight excluding hydrogens is 380 g/mol. The lowest BCUT2D eigenvalue weighted by Gasteiger charge is -2.10. The Morgan fingerprint density at radius 3 is 2.39 bits per heavy atom. The number of ether oxygens (including phenoxy) is 2. The Morgan fingerprint density at radius 2 is 1.57 bits per heavy atom. The number of fused-ring (bicyclic) bond motifs is 2. The van der Waals surface area contributed by atoms with Crippen molar-refractivity contribution < 1.29 is 18.3 Å². The maximum absolute atomic E-state index is 11.5. The van der Waals surface area contributed by atoms with E-state index in [1.165, 1.54) is 6.07 Å². The van der Waals surface area contributed by atoms with Gasteiger partial charge in [-0.05, 0) is 55.7 Å². The van der Waals surface area contributed by atoms with Crippen LogP contribution in [0.15, 0.2) is 68.4 Å². The minimum absolute atomic E-state index is 0.398. The zero-order valence-electron chi connectivity index (χ0n) is 15.2. The zero-order valence-corrected chi connectivity index (χ0v) is 15.9. The molecule has 0 spiro atoms. The van der Waals surface area contributed by atoms with Crippen molar-refractivity contribution in [2.24, 2.45) is 0 Å². The summed E-state index contributed by atoms with van der Waals surface area (Å²) in [6.45, 7) is 1.20. The minimum Gasteiger partial charge on any atom is -0.494 e. The molecule has 0 fully saturated rings. The number of benzene rings is 2. The number of rotatable bonds is 8. The van der Waals surface area contributed by atoms with Gasteiger partial charge in [0.2, 0.25) is 0 Å². The fourth-order valence-corrected chi connectivity index (χ4v) is 3.17. The van der Waals surface area contributed by atoms with Crippen molar-refractivity contribution >= 4 is 33.5 Å². The van der Waals surface area contributed by atoms with Crippen LogP contribution in [0, 0.1) is 0 Å². The first-order valence-electron chi connectivity index (χ1n) is 9.16. The van der Waals surface area contributed by atoms with Crippen LogP contribution in [-0.4, -0.2) is 13.2 Å². The maximum atomic E-state index is 11.5. The first-order chi connectivity index (χ1) is 13.7. The lowest BCUT2D eigenvalue weighted by Crippen LogP contribution is -2.02. The number of hydrogen-bond donors (Lipinski definition) is 0. The van der Waals surface area contributed by atoms with E-state index in [9.17, 15) is 4.79 Å². The molecule has 2 aromatic carbocycles. The van der Waals surface area contributed by atoms with Crippen molar-refractivity contribution in [3.05, 3.63) is 70.2 Å². The molecule has 28 heavy (non-hydrogen) atoms. The van der Waals surface area contributed by atoms with Gasteiger partial charge in [-0.2, -0.15) is 0 Å². The zero-order chi connectivity index (χ0) is 19.3. The molecule has 0 aliphatic carbocycles. The summed E-state index contributed by atoms with van der Waals surface area (Å²) in [6, 6.07) is 14.0. The summed E-state index contributed by atoms with van der Waals surface area (Å²) >= 11 is 5.86. The summed E-state index contributed by atoms with van der Waals surface area (Å²) < 4.78 is 22.4. The number of hydrogen-bond acceptors (Lipinski definition) is 5. The molecule has 144 valence electrons. The summed E-state index contributed by atoms with van der Waals surface area (Å²) in [5.74, 6) is 1.50. The molecule has 0 aliphatic rings. The van der Waals surface area contributed by atoms with Crippen molar-refractivity contribution in [3.8, 4) is 11.5 Å². The highest BCUT2D eigenvalue weighted by Crippen LogP contribution is 2.35. The molecule has 0 amide bonds. The van der Waals surface area contributed by atoms with E-state index in [1.54, 1.807) is 18.4 Å². The Balaban J connectivity index is 1.32. The number of furan rings is 1. The normalized spacial score (nSPS) is 11.2. The lowest BCUT2D eigenvalue weighted by molar-refractivity contribution is 0.282. The lowest BCUT2D eigenvalue weighted by atomic mass is 10.1. The van der Waals surface area contributed by atoms with Crippen molar-refractivity contribution in [2.45, 2.75) is 19.3 Å². The first kappa shape index (κ1) is 18.4. The highest BCUT2D eigenvalue weighted by Gasteiger charge is 2.13. The van der Waals surface area contributed by atoms with Crippen LogP contribution in [0.25, 0.3) is 21.9 Å². The highest BCUT2D eigenvalue weighted by molar-refractivity contribution is 6.30. The quantitative estimate of drug-likeness (QED) is 0.276. The summed E-state index contributed by atoms with van der Waals surface area (Å²) in [7, 11) is 0. The van der Waals surface area contributed by atoms with Gasteiger partial charge in [0.1, 0.15) is 22.7 Å². The number of unbranched alkanes of at least 4 members (excludes halogenated alkanes) is 2. The second-order valence-electron chi connectivity index (χ2n) is 6.42. The summed E-state index contributed by atoms with van der Waals surface area (Å²) in [6.07, 6.45) is 4.39. The molecule has 2 heterocycles. The van der Waals surface area contributed by atoms with Crippen LogP contribution in [0.5, 0.6) is 11.5 Å². The average molecular weight is 399 g/mol. The van der Waals surface area contributed by atoms with E-state index >= 15 is 0 Å². The molecule has 2 aromatic heterocycles. The third kappa shape index (κ3) is 4.15. The molecule has 0 saturated heterocycles. The standard InChI is InChI=1S/C22H19ClO5/c23-15-4-6-16(7-5-15)25-11-2-1-3-12-27-22-17-8-9-21(24)28-20(17)14-19-18(22)10-13-26-19/h4-10,13-14H,1-3,11-12H2. The van der Waals surface area contributed by atoms with Crippen LogP contribution in [0.3, 0.4) is 0 Å². The van der Waals surface area contributed by atoms with Crippen LogP contribution in [0.2, 0.25) is 5.02 Å². The van der Waals surface area contributed by atoms with Crippen molar-refractivity contribution in [2.75, 3.05) is 13.2 Å². The smallest absolute Gasteiger partial charge is 0.336 e. The Hall–Kier alpha value is -2.92. The predicted octanol–water partition coefficient (Wildman–Crippen LogP) is 5.82. The van der Waals surface area contributed by atoms with E-state index in [0.29, 0.717) is 35.2 Å². The third-order valence-electron chi connectivity index (χ3n) is 4.43. The summed E-state index contributed by atoms with van der Waals surface area (Å²) in [5.41, 5.74) is 0.694. The Labute approximate surface area is 166 Å². The van der Waals surface area contributed by atoms with E-state index in [2.05, 4.69) is 0 Å². The molecule has 4 rings (SSSR count). The van der Waals surface area contributed by atoms with Gasteiger partial charge in [-0.1, -0.05) is 11.6 Å².